The summed E-state index contributed by atoms with van der Waals surface area (Å²) < 4.78 is 6.99. The molecule has 0 saturated carbocycles. The van der Waals surface area contributed by atoms with Crippen LogP contribution >= 0.6 is 0 Å². The van der Waals surface area contributed by atoms with Gasteiger partial charge in [-0.2, -0.15) is 4.98 Å². The minimum absolute atomic E-state index is 0.0602. The van der Waals surface area contributed by atoms with Crippen LogP contribution in [0, 0.1) is 0 Å². The molecular weight excluding hydrogens is 206 g/mol. The Morgan fingerprint density at radius 2 is 2.38 bits per heavy atom. The molecule has 0 unspecified atom stereocenters. The summed E-state index contributed by atoms with van der Waals surface area (Å²) in [5, 5.41) is 3.13. The fraction of sp³-hybridized carbons (Fsp3) is 0.273. The van der Waals surface area contributed by atoms with Crippen molar-refractivity contribution in [3.63, 3.8) is 0 Å². The molecule has 82 valence electrons. The van der Waals surface area contributed by atoms with Crippen LogP contribution in [-0.2, 0) is 6.54 Å². The summed E-state index contributed by atoms with van der Waals surface area (Å²) in [5.41, 5.74) is 1.16. The van der Waals surface area contributed by atoms with Gasteiger partial charge in [-0.3, -0.25) is 9.20 Å². The molecule has 0 amide bonds. The number of nitrogens with one attached hydrogen (secondary N) is 1. The van der Waals surface area contributed by atoms with Crippen molar-refractivity contribution in [1.82, 2.24) is 14.7 Å². The van der Waals surface area contributed by atoms with Crippen molar-refractivity contribution in [2.24, 2.45) is 0 Å². The number of rotatable bonds is 0. The lowest BCUT2D eigenvalue weighted by molar-refractivity contribution is 0.314. The highest BCUT2D eigenvalue weighted by atomic mass is 16.5. The van der Waals surface area contributed by atoms with Gasteiger partial charge in [0.05, 0.1) is 5.56 Å². The van der Waals surface area contributed by atoms with Crippen LogP contribution in [0.2, 0.25) is 0 Å². The van der Waals surface area contributed by atoms with Crippen molar-refractivity contribution in [1.29, 1.82) is 0 Å². The highest BCUT2D eigenvalue weighted by Gasteiger charge is 2.15. The van der Waals surface area contributed by atoms with E-state index >= 15 is 0 Å². The first-order valence-corrected chi connectivity index (χ1v) is 5.20. The zero-order chi connectivity index (χ0) is 11.0. The van der Waals surface area contributed by atoms with E-state index in [-0.39, 0.29) is 5.56 Å². The van der Waals surface area contributed by atoms with Crippen LogP contribution in [0.5, 0.6) is 5.88 Å². The minimum atomic E-state index is -0.0602. The fourth-order valence-corrected chi connectivity index (χ4v) is 1.81. The zero-order valence-corrected chi connectivity index (χ0v) is 8.64. The molecule has 0 saturated heterocycles. The fourth-order valence-electron chi connectivity index (χ4n) is 1.81. The Kier molecular flexibility index (Phi) is 2.11. The first-order valence-electron chi connectivity index (χ1n) is 5.20. The predicted molar refractivity (Wildman–Crippen MR) is 58.7 cm³/mol. The number of nitrogens with zero attached hydrogens (tertiary/aromatic N) is 2. The van der Waals surface area contributed by atoms with Gasteiger partial charge < -0.3 is 10.1 Å². The maximum atomic E-state index is 12.1. The van der Waals surface area contributed by atoms with E-state index in [1.165, 1.54) is 4.40 Å². The Hall–Kier alpha value is -1.88. The molecule has 1 aliphatic rings. The summed E-state index contributed by atoms with van der Waals surface area (Å²) in [6.45, 7) is 1.79. The highest BCUT2D eigenvalue weighted by Crippen LogP contribution is 2.14. The van der Waals surface area contributed by atoms with Crippen molar-refractivity contribution >= 4 is 5.65 Å². The number of hydrogen-bond donors (Lipinski definition) is 1. The lowest BCUT2D eigenvalue weighted by atomic mass is 10.3. The van der Waals surface area contributed by atoms with Gasteiger partial charge in [0.25, 0.3) is 5.56 Å². The van der Waals surface area contributed by atoms with E-state index in [9.17, 15) is 4.79 Å². The molecule has 16 heavy (non-hydrogen) atoms. The molecule has 1 N–H and O–H groups in total. The second-order valence-corrected chi connectivity index (χ2v) is 3.65. The number of pyridine rings is 1. The molecule has 3 heterocycles. The molecule has 5 nitrogen and oxygen atoms in total. The summed E-state index contributed by atoms with van der Waals surface area (Å²) in [6.07, 6.45) is 1.72. The molecule has 1 aliphatic heterocycles. The van der Waals surface area contributed by atoms with Gasteiger partial charge in [-0.05, 0) is 12.1 Å². The first kappa shape index (κ1) is 9.35. The third-order valence-electron chi connectivity index (χ3n) is 2.61. The third kappa shape index (κ3) is 1.37. The normalized spacial score (nSPS) is 15.2. The second-order valence-electron chi connectivity index (χ2n) is 3.65. The first-order chi connectivity index (χ1) is 7.86. The number of hydrogen-bond acceptors (Lipinski definition) is 4. The average molecular weight is 217 g/mol. The van der Waals surface area contributed by atoms with Gasteiger partial charge >= 0.3 is 0 Å². The Balaban J connectivity index is 2.34. The molecule has 2 aromatic rings. The molecule has 0 aliphatic carbocycles. The summed E-state index contributed by atoms with van der Waals surface area (Å²) in [7, 11) is 0. The van der Waals surface area contributed by atoms with Gasteiger partial charge in [-0.1, -0.05) is 6.07 Å². The summed E-state index contributed by atoms with van der Waals surface area (Å²) in [5.74, 6) is 0.459. The van der Waals surface area contributed by atoms with E-state index in [0.717, 1.165) is 6.54 Å². The van der Waals surface area contributed by atoms with Gasteiger partial charge in [-0.15, -0.1) is 0 Å². The highest BCUT2D eigenvalue weighted by molar-refractivity contribution is 5.42. The van der Waals surface area contributed by atoms with Crippen molar-refractivity contribution in [3.05, 3.63) is 40.3 Å². The van der Waals surface area contributed by atoms with Gasteiger partial charge in [0.15, 0.2) is 0 Å². The van der Waals surface area contributed by atoms with Gasteiger partial charge in [0, 0.05) is 19.3 Å². The Labute approximate surface area is 91.7 Å². The van der Waals surface area contributed by atoms with Gasteiger partial charge in [0.1, 0.15) is 12.3 Å². The van der Waals surface area contributed by atoms with E-state index in [1.54, 1.807) is 12.3 Å². The van der Waals surface area contributed by atoms with E-state index < -0.39 is 0 Å². The Morgan fingerprint density at radius 1 is 1.44 bits per heavy atom. The number of ether oxygens (including phenoxy) is 1. The molecule has 0 radical (unpaired) electrons. The maximum Gasteiger partial charge on any atom is 0.266 e. The molecule has 5 heteroatoms. The van der Waals surface area contributed by atoms with Crippen LogP contribution < -0.4 is 15.6 Å². The van der Waals surface area contributed by atoms with E-state index in [1.807, 2.05) is 12.1 Å². The largest absolute Gasteiger partial charge is 0.476 e. The maximum absolute atomic E-state index is 12.1. The summed E-state index contributed by atoms with van der Waals surface area (Å²) in [6, 6.07) is 5.46. The van der Waals surface area contributed by atoms with E-state index in [2.05, 4.69) is 10.3 Å². The van der Waals surface area contributed by atoms with Crippen LogP contribution in [0.1, 0.15) is 5.56 Å². The van der Waals surface area contributed by atoms with Crippen molar-refractivity contribution in [2.45, 2.75) is 6.54 Å². The topological polar surface area (TPSA) is 55.6 Å². The quantitative estimate of drug-likeness (QED) is 0.683. The SMILES string of the molecule is O=c1c2c(nc3ccccn13)OCCNC2. The molecule has 0 bridgehead atoms. The van der Waals surface area contributed by atoms with Crippen molar-refractivity contribution in [3.8, 4) is 5.88 Å². The Bertz CT molecular complexity index is 591. The molecule has 3 rings (SSSR count). The molecule has 0 fully saturated rings. The molecule has 0 spiro atoms. The number of fused-ring (bicyclic) bond motifs is 2. The van der Waals surface area contributed by atoms with Crippen LogP contribution in [0.25, 0.3) is 5.65 Å². The molecule has 0 aromatic carbocycles. The van der Waals surface area contributed by atoms with Crippen LogP contribution in [0.4, 0.5) is 0 Å². The third-order valence-corrected chi connectivity index (χ3v) is 2.61. The van der Waals surface area contributed by atoms with Crippen LogP contribution in [0.15, 0.2) is 29.2 Å². The van der Waals surface area contributed by atoms with Crippen molar-refractivity contribution in [2.75, 3.05) is 13.2 Å². The lowest BCUT2D eigenvalue weighted by Gasteiger charge is -2.07. The standard InChI is InChI=1S/C11H11N3O2/c15-11-8-7-12-4-6-16-10(8)13-9-3-1-2-5-14(9)11/h1-3,5,12H,4,6-7H2. The van der Waals surface area contributed by atoms with Crippen molar-refractivity contribution < 1.29 is 4.74 Å². The Morgan fingerprint density at radius 3 is 3.31 bits per heavy atom. The van der Waals surface area contributed by atoms with Gasteiger partial charge in [0.2, 0.25) is 5.88 Å². The van der Waals surface area contributed by atoms with Crippen LogP contribution in [0.3, 0.4) is 0 Å². The van der Waals surface area contributed by atoms with Crippen LogP contribution in [-0.4, -0.2) is 22.5 Å². The molecule has 0 atom stereocenters. The smallest absolute Gasteiger partial charge is 0.266 e. The molecule has 2 aromatic heterocycles. The lowest BCUT2D eigenvalue weighted by Crippen LogP contribution is -2.23. The van der Waals surface area contributed by atoms with E-state index in [4.69, 9.17) is 4.74 Å². The van der Waals surface area contributed by atoms with Gasteiger partial charge in [-0.25, -0.2) is 0 Å². The summed E-state index contributed by atoms with van der Waals surface area (Å²) >= 11 is 0. The second kappa shape index (κ2) is 3.61. The summed E-state index contributed by atoms with van der Waals surface area (Å²) in [4.78, 5) is 16.5. The monoisotopic (exact) mass is 217 g/mol. The zero-order valence-electron chi connectivity index (χ0n) is 8.64. The predicted octanol–water partition coefficient (Wildman–Crippen LogP) is 0.176. The average Bonchev–Trinajstić information content (AvgIpc) is 2.55. The number of aromatic nitrogens is 2. The minimum Gasteiger partial charge on any atom is -0.476 e. The molecular formula is C11H11N3O2. The van der Waals surface area contributed by atoms with E-state index in [0.29, 0.717) is 30.2 Å².